The van der Waals surface area contributed by atoms with Gasteiger partial charge in [0, 0.05) is 18.8 Å². The number of rotatable bonds is 7. The lowest BCUT2D eigenvalue weighted by atomic mass is 9.97. The minimum atomic E-state index is -0.230. The van der Waals surface area contributed by atoms with Crippen LogP contribution in [0.4, 0.5) is 5.95 Å². The molecule has 0 saturated carbocycles. The molecule has 2 aliphatic rings. The van der Waals surface area contributed by atoms with E-state index in [-0.39, 0.29) is 12.7 Å². The molecule has 7 heteroatoms. The fourth-order valence-electron chi connectivity index (χ4n) is 3.55. The highest BCUT2D eigenvalue weighted by Crippen LogP contribution is 2.32. The van der Waals surface area contributed by atoms with Crippen molar-refractivity contribution in [1.82, 2.24) is 15.3 Å². The van der Waals surface area contributed by atoms with Gasteiger partial charge in [-0.15, -0.1) is 0 Å². The summed E-state index contributed by atoms with van der Waals surface area (Å²) in [4.78, 5) is 21.4. The fourth-order valence-corrected chi connectivity index (χ4v) is 3.55. The van der Waals surface area contributed by atoms with Gasteiger partial charge in [0.15, 0.2) is 11.5 Å². The van der Waals surface area contributed by atoms with Gasteiger partial charge in [0.05, 0.1) is 0 Å². The molecule has 0 saturated heterocycles. The zero-order valence-corrected chi connectivity index (χ0v) is 16.7. The minimum Gasteiger partial charge on any atom is -0.454 e. The molecule has 152 valence electrons. The van der Waals surface area contributed by atoms with Crippen molar-refractivity contribution < 1.29 is 14.3 Å². The maximum atomic E-state index is 12.6. The van der Waals surface area contributed by atoms with Crippen molar-refractivity contribution in [3.05, 3.63) is 52.9 Å². The predicted molar refractivity (Wildman–Crippen MR) is 110 cm³/mol. The van der Waals surface area contributed by atoms with E-state index in [1.165, 1.54) is 31.3 Å². The van der Waals surface area contributed by atoms with E-state index in [0.29, 0.717) is 23.9 Å². The highest BCUT2D eigenvalue weighted by molar-refractivity contribution is 5.92. The number of carbonyl (C=O) groups is 1. The lowest BCUT2D eigenvalue weighted by Gasteiger charge is -2.13. The Bertz CT molecular complexity index is 926. The maximum absolute atomic E-state index is 12.6. The quantitative estimate of drug-likeness (QED) is 0.696. The van der Waals surface area contributed by atoms with Crippen LogP contribution in [0.1, 0.15) is 53.8 Å². The van der Waals surface area contributed by atoms with E-state index < -0.39 is 0 Å². The first-order chi connectivity index (χ1) is 14.2. The number of anilines is 1. The molecule has 1 aromatic carbocycles. The molecule has 0 bridgehead atoms. The van der Waals surface area contributed by atoms with Crippen LogP contribution in [0.3, 0.4) is 0 Å². The topological polar surface area (TPSA) is 85.4 Å². The molecule has 0 fully saturated rings. The van der Waals surface area contributed by atoms with Gasteiger partial charge in [0.1, 0.15) is 5.69 Å². The molecule has 2 aromatic rings. The van der Waals surface area contributed by atoms with Crippen LogP contribution in [0.5, 0.6) is 11.5 Å². The van der Waals surface area contributed by atoms with E-state index in [2.05, 4.69) is 26.7 Å². The Labute approximate surface area is 170 Å². The standard InChI is InChI=1S/C22H26N4O3/c1-15-11-18(26-22(25-15)23-10-9-16-5-3-2-4-6-16)21(27)24-13-17-7-8-19-20(12-17)29-14-28-19/h5,7-8,11-12H,2-4,6,9-10,13-14H2,1H3,(H,24,27)(H,23,25,26). The lowest BCUT2D eigenvalue weighted by Crippen LogP contribution is -2.24. The van der Waals surface area contributed by atoms with E-state index in [1.807, 2.05) is 25.1 Å². The molecule has 2 N–H and O–H groups in total. The lowest BCUT2D eigenvalue weighted by molar-refractivity contribution is 0.0945. The van der Waals surface area contributed by atoms with E-state index in [9.17, 15) is 4.79 Å². The van der Waals surface area contributed by atoms with Gasteiger partial charge in [-0.05, 0) is 62.8 Å². The fraction of sp³-hybridized carbons (Fsp3) is 0.409. The number of nitrogens with zero attached hydrogens (tertiary/aromatic N) is 2. The molecular weight excluding hydrogens is 368 g/mol. The van der Waals surface area contributed by atoms with Gasteiger partial charge in [-0.1, -0.05) is 17.7 Å². The van der Waals surface area contributed by atoms with Crippen molar-refractivity contribution >= 4 is 11.9 Å². The van der Waals surface area contributed by atoms with Crippen molar-refractivity contribution in [2.24, 2.45) is 0 Å². The van der Waals surface area contributed by atoms with Crippen LogP contribution in [0, 0.1) is 6.92 Å². The van der Waals surface area contributed by atoms with Gasteiger partial charge in [0.2, 0.25) is 12.7 Å². The van der Waals surface area contributed by atoms with Crippen molar-refractivity contribution in [2.75, 3.05) is 18.7 Å². The van der Waals surface area contributed by atoms with Crippen LogP contribution in [0.25, 0.3) is 0 Å². The summed E-state index contributed by atoms with van der Waals surface area (Å²) in [6, 6.07) is 7.33. The zero-order valence-electron chi connectivity index (χ0n) is 16.7. The van der Waals surface area contributed by atoms with Gasteiger partial charge >= 0.3 is 0 Å². The largest absolute Gasteiger partial charge is 0.454 e. The number of aromatic nitrogens is 2. The number of allylic oxidation sites excluding steroid dienone is 1. The molecule has 1 aromatic heterocycles. The number of hydrogen-bond acceptors (Lipinski definition) is 6. The Kier molecular flexibility index (Phi) is 5.93. The molecule has 7 nitrogen and oxygen atoms in total. The molecule has 0 radical (unpaired) electrons. The van der Waals surface area contributed by atoms with Crippen LogP contribution in [-0.4, -0.2) is 29.2 Å². The molecule has 1 aliphatic carbocycles. The predicted octanol–water partition coefficient (Wildman–Crippen LogP) is 3.75. The zero-order chi connectivity index (χ0) is 20.1. The van der Waals surface area contributed by atoms with E-state index in [1.54, 1.807) is 6.07 Å². The number of aryl methyl sites for hydroxylation is 1. The van der Waals surface area contributed by atoms with E-state index in [4.69, 9.17) is 9.47 Å². The Morgan fingerprint density at radius 1 is 1.14 bits per heavy atom. The third kappa shape index (κ3) is 5.04. The molecular formula is C22H26N4O3. The van der Waals surface area contributed by atoms with Crippen LogP contribution < -0.4 is 20.1 Å². The molecule has 4 rings (SSSR count). The number of amides is 1. The van der Waals surface area contributed by atoms with Crippen molar-refractivity contribution in [1.29, 1.82) is 0 Å². The van der Waals surface area contributed by atoms with Gasteiger partial charge in [-0.3, -0.25) is 4.79 Å². The highest BCUT2D eigenvalue weighted by Gasteiger charge is 2.15. The SMILES string of the molecule is Cc1cc(C(=O)NCc2ccc3c(c2)OCO3)nc(NCCC2=CCCCC2)n1. The minimum absolute atomic E-state index is 0.230. The molecule has 0 spiro atoms. The van der Waals surface area contributed by atoms with Gasteiger partial charge in [-0.2, -0.15) is 0 Å². The number of benzene rings is 1. The maximum Gasteiger partial charge on any atom is 0.270 e. The Hall–Kier alpha value is -3.09. The summed E-state index contributed by atoms with van der Waals surface area (Å²) in [6.45, 7) is 3.26. The number of carbonyl (C=O) groups excluding carboxylic acids is 1. The van der Waals surface area contributed by atoms with Crippen LogP contribution in [-0.2, 0) is 6.54 Å². The third-order valence-corrected chi connectivity index (χ3v) is 5.09. The monoisotopic (exact) mass is 394 g/mol. The van der Waals surface area contributed by atoms with Gasteiger partial charge < -0.3 is 20.1 Å². The summed E-state index contributed by atoms with van der Waals surface area (Å²) in [6.07, 6.45) is 8.27. The second kappa shape index (κ2) is 8.94. The second-order valence-electron chi connectivity index (χ2n) is 7.37. The number of nitrogens with one attached hydrogen (secondary N) is 2. The van der Waals surface area contributed by atoms with E-state index in [0.717, 1.165) is 30.0 Å². The summed E-state index contributed by atoms with van der Waals surface area (Å²) in [5.41, 5.74) is 3.55. The van der Waals surface area contributed by atoms with Crippen molar-refractivity contribution in [2.45, 2.75) is 45.6 Å². The smallest absolute Gasteiger partial charge is 0.270 e. The molecule has 1 aliphatic heterocycles. The Morgan fingerprint density at radius 3 is 2.90 bits per heavy atom. The Balaban J connectivity index is 1.33. The van der Waals surface area contributed by atoms with Crippen LogP contribution in [0.15, 0.2) is 35.9 Å². The summed E-state index contributed by atoms with van der Waals surface area (Å²) in [7, 11) is 0. The Morgan fingerprint density at radius 2 is 2.03 bits per heavy atom. The summed E-state index contributed by atoms with van der Waals surface area (Å²) in [5, 5.41) is 6.16. The van der Waals surface area contributed by atoms with Crippen molar-refractivity contribution in [3.8, 4) is 11.5 Å². The third-order valence-electron chi connectivity index (χ3n) is 5.09. The number of hydrogen-bond donors (Lipinski definition) is 2. The first-order valence-corrected chi connectivity index (χ1v) is 10.1. The molecule has 2 heterocycles. The molecule has 0 atom stereocenters. The van der Waals surface area contributed by atoms with Gasteiger partial charge in [-0.25, -0.2) is 9.97 Å². The second-order valence-corrected chi connectivity index (χ2v) is 7.37. The molecule has 0 unspecified atom stereocenters. The first kappa shape index (κ1) is 19.2. The first-order valence-electron chi connectivity index (χ1n) is 10.1. The van der Waals surface area contributed by atoms with E-state index >= 15 is 0 Å². The summed E-state index contributed by atoms with van der Waals surface area (Å²) >= 11 is 0. The van der Waals surface area contributed by atoms with Crippen molar-refractivity contribution in [3.63, 3.8) is 0 Å². The summed E-state index contributed by atoms with van der Waals surface area (Å²) < 4.78 is 10.7. The van der Waals surface area contributed by atoms with Crippen LogP contribution in [0.2, 0.25) is 0 Å². The normalized spacial score (nSPS) is 15.0. The average Bonchev–Trinajstić information content (AvgIpc) is 3.20. The number of fused-ring (bicyclic) bond motifs is 1. The molecule has 29 heavy (non-hydrogen) atoms. The summed E-state index contributed by atoms with van der Waals surface area (Å²) in [5.74, 6) is 1.70. The average molecular weight is 394 g/mol. The molecule has 1 amide bonds. The highest BCUT2D eigenvalue weighted by atomic mass is 16.7. The van der Waals surface area contributed by atoms with Gasteiger partial charge in [0.25, 0.3) is 5.91 Å². The number of ether oxygens (including phenoxy) is 2. The van der Waals surface area contributed by atoms with Crippen LogP contribution >= 0.6 is 0 Å².